The van der Waals surface area contributed by atoms with Gasteiger partial charge in [0.05, 0.1) is 18.7 Å². The summed E-state index contributed by atoms with van der Waals surface area (Å²) in [4.78, 5) is 10.4. The lowest BCUT2D eigenvalue weighted by Crippen LogP contribution is -2.00. The van der Waals surface area contributed by atoms with Crippen molar-refractivity contribution in [2.75, 3.05) is 0 Å². The van der Waals surface area contributed by atoms with Crippen LogP contribution in [0, 0.1) is 0 Å². The number of hydrogen-bond donors (Lipinski definition) is 1. The fourth-order valence-corrected chi connectivity index (χ4v) is 1.54. The van der Waals surface area contributed by atoms with Crippen LogP contribution in [0.1, 0.15) is 24.4 Å². The lowest BCUT2D eigenvalue weighted by atomic mass is 10.3. The largest absolute Gasteiger partial charge is 0.481 e. The Bertz CT molecular complexity index is 344. The van der Waals surface area contributed by atoms with Crippen LogP contribution in [-0.4, -0.2) is 20.9 Å². The summed E-state index contributed by atoms with van der Waals surface area (Å²) in [6.07, 6.45) is 3.67. The third-order valence-corrected chi connectivity index (χ3v) is 2.45. The Labute approximate surface area is 80.1 Å². The van der Waals surface area contributed by atoms with E-state index < -0.39 is 5.97 Å². The van der Waals surface area contributed by atoms with Crippen LogP contribution in [0.4, 0.5) is 0 Å². The predicted molar refractivity (Wildman–Crippen MR) is 46.8 cm³/mol. The highest BCUT2D eigenvalue weighted by atomic mass is 35.5. The maximum absolute atomic E-state index is 10.4. The molecule has 1 fully saturated rings. The number of carboxylic acids is 1. The van der Waals surface area contributed by atoms with Crippen LogP contribution in [-0.2, 0) is 11.2 Å². The summed E-state index contributed by atoms with van der Waals surface area (Å²) in [5.74, 6) is -0.878. The van der Waals surface area contributed by atoms with Crippen molar-refractivity contribution in [1.82, 2.24) is 9.78 Å². The first-order chi connectivity index (χ1) is 6.18. The minimum absolute atomic E-state index is 0.0500. The van der Waals surface area contributed by atoms with Crippen molar-refractivity contribution in [3.05, 3.63) is 16.9 Å². The molecule has 1 aliphatic rings. The molecule has 13 heavy (non-hydrogen) atoms. The fourth-order valence-electron chi connectivity index (χ4n) is 1.24. The van der Waals surface area contributed by atoms with E-state index in [9.17, 15) is 4.79 Å². The number of nitrogens with zero attached hydrogens (tertiary/aromatic N) is 2. The normalized spacial score (nSPS) is 16.1. The number of carbonyl (C=O) groups is 1. The summed E-state index contributed by atoms with van der Waals surface area (Å²) in [6, 6.07) is 0.398. The monoisotopic (exact) mass is 200 g/mol. The predicted octanol–water partition coefficient (Wildman–Crippen LogP) is 1.50. The molecule has 0 radical (unpaired) electrons. The van der Waals surface area contributed by atoms with Gasteiger partial charge in [-0.25, -0.2) is 0 Å². The molecule has 4 nitrogen and oxygen atoms in total. The maximum atomic E-state index is 10.4. The van der Waals surface area contributed by atoms with Crippen LogP contribution in [0.3, 0.4) is 0 Å². The first-order valence-corrected chi connectivity index (χ1v) is 4.50. The molecule has 0 aromatic carbocycles. The second-order valence-corrected chi connectivity index (χ2v) is 3.56. The van der Waals surface area contributed by atoms with E-state index in [2.05, 4.69) is 5.10 Å². The standard InChI is InChI=1S/C8H9ClN2O2/c9-8-5(3-7(12)13)4-10-11(8)6-1-2-6/h4,6H,1-3H2,(H,12,13). The van der Waals surface area contributed by atoms with Crippen LogP contribution in [0.5, 0.6) is 0 Å². The van der Waals surface area contributed by atoms with Crippen LogP contribution in [0.2, 0.25) is 5.15 Å². The third-order valence-electron chi connectivity index (χ3n) is 2.04. The molecule has 70 valence electrons. The molecule has 0 spiro atoms. The quantitative estimate of drug-likeness (QED) is 0.805. The first-order valence-electron chi connectivity index (χ1n) is 4.12. The molecule has 0 unspecified atom stereocenters. The summed E-state index contributed by atoms with van der Waals surface area (Å²) < 4.78 is 1.71. The van der Waals surface area contributed by atoms with Crippen LogP contribution < -0.4 is 0 Å². The van der Waals surface area contributed by atoms with Gasteiger partial charge < -0.3 is 5.11 Å². The van der Waals surface area contributed by atoms with Crippen molar-refractivity contribution in [1.29, 1.82) is 0 Å². The van der Waals surface area contributed by atoms with Gasteiger partial charge in [-0.05, 0) is 12.8 Å². The second kappa shape index (κ2) is 3.03. The third kappa shape index (κ3) is 1.67. The van der Waals surface area contributed by atoms with Gasteiger partial charge in [0.25, 0.3) is 0 Å². The van der Waals surface area contributed by atoms with Gasteiger partial charge in [0, 0.05) is 5.56 Å². The Morgan fingerprint density at radius 1 is 1.77 bits per heavy atom. The summed E-state index contributed by atoms with van der Waals surface area (Å²) in [7, 11) is 0. The summed E-state index contributed by atoms with van der Waals surface area (Å²) in [5.41, 5.74) is 0.598. The highest BCUT2D eigenvalue weighted by Gasteiger charge is 2.27. The molecular formula is C8H9ClN2O2. The van der Waals surface area contributed by atoms with Crippen LogP contribution in [0.25, 0.3) is 0 Å². The number of aromatic nitrogens is 2. The summed E-state index contributed by atoms with van der Waals surface area (Å²) in [6.45, 7) is 0. The first kappa shape index (κ1) is 8.56. The molecular weight excluding hydrogens is 192 g/mol. The van der Waals surface area contributed by atoms with E-state index in [0.717, 1.165) is 12.8 Å². The van der Waals surface area contributed by atoms with Crippen molar-refractivity contribution in [2.24, 2.45) is 0 Å². The topological polar surface area (TPSA) is 55.1 Å². The zero-order chi connectivity index (χ0) is 9.42. The molecule has 0 atom stereocenters. The lowest BCUT2D eigenvalue weighted by molar-refractivity contribution is -0.136. The van der Waals surface area contributed by atoms with E-state index >= 15 is 0 Å². The molecule has 0 aliphatic heterocycles. The van der Waals surface area contributed by atoms with Gasteiger partial charge in [0.1, 0.15) is 5.15 Å². The van der Waals surface area contributed by atoms with Gasteiger partial charge in [0.2, 0.25) is 0 Å². The van der Waals surface area contributed by atoms with E-state index in [0.29, 0.717) is 16.8 Å². The van der Waals surface area contributed by atoms with Gasteiger partial charge in [-0.2, -0.15) is 5.10 Å². The fraction of sp³-hybridized carbons (Fsp3) is 0.500. The highest BCUT2D eigenvalue weighted by molar-refractivity contribution is 6.30. The van der Waals surface area contributed by atoms with Gasteiger partial charge in [-0.3, -0.25) is 9.48 Å². The summed E-state index contributed by atoms with van der Waals surface area (Å²) in [5, 5.41) is 13.1. The average Bonchev–Trinajstić information content (AvgIpc) is 2.81. The Kier molecular flexibility index (Phi) is 2.00. The van der Waals surface area contributed by atoms with Gasteiger partial charge in [-0.15, -0.1) is 0 Å². The van der Waals surface area contributed by atoms with Crippen molar-refractivity contribution < 1.29 is 9.90 Å². The molecule has 1 N–H and O–H groups in total. The minimum atomic E-state index is -0.878. The molecule has 1 aromatic heterocycles. The van der Waals surface area contributed by atoms with Crippen molar-refractivity contribution in [3.8, 4) is 0 Å². The molecule has 5 heteroatoms. The zero-order valence-electron chi connectivity index (χ0n) is 6.90. The Morgan fingerprint density at radius 2 is 2.46 bits per heavy atom. The second-order valence-electron chi connectivity index (χ2n) is 3.21. The summed E-state index contributed by atoms with van der Waals surface area (Å²) >= 11 is 5.94. The number of carboxylic acid groups (broad SMARTS) is 1. The Balaban J connectivity index is 2.22. The zero-order valence-corrected chi connectivity index (χ0v) is 7.66. The molecule has 1 aliphatic carbocycles. The van der Waals surface area contributed by atoms with Crippen LogP contribution in [0.15, 0.2) is 6.20 Å². The van der Waals surface area contributed by atoms with E-state index in [1.807, 2.05) is 0 Å². The van der Waals surface area contributed by atoms with E-state index in [1.165, 1.54) is 6.20 Å². The van der Waals surface area contributed by atoms with E-state index in [1.54, 1.807) is 4.68 Å². The molecule has 1 heterocycles. The van der Waals surface area contributed by atoms with Gasteiger partial charge in [-0.1, -0.05) is 11.6 Å². The molecule has 0 saturated heterocycles. The highest BCUT2D eigenvalue weighted by Crippen LogP contribution is 2.37. The number of hydrogen-bond acceptors (Lipinski definition) is 2. The van der Waals surface area contributed by atoms with Crippen LogP contribution >= 0.6 is 11.6 Å². The Morgan fingerprint density at radius 3 is 3.00 bits per heavy atom. The average molecular weight is 201 g/mol. The minimum Gasteiger partial charge on any atom is -0.481 e. The lowest BCUT2D eigenvalue weighted by Gasteiger charge is -1.98. The molecule has 0 bridgehead atoms. The number of aliphatic carboxylic acids is 1. The van der Waals surface area contributed by atoms with Gasteiger partial charge >= 0.3 is 5.97 Å². The molecule has 1 saturated carbocycles. The van der Waals surface area contributed by atoms with Gasteiger partial charge in [0.15, 0.2) is 0 Å². The van der Waals surface area contributed by atoms with Crippen molar-refractivity contribution >= 4 is 17.6 Å². The maximum Gasteiger partial charge on any atom is 0.307 e. The number of rotatable bonds is 3. The smallest absolute Gasteiger partial charge is 0.307 e. The SMILES string of the molecule is O=C(O)Cc1cnn(C2CC2)c1Cl. The molecule has 0 amide bonds. The van der Waals surface area contributed by atoms with E-state index in [4.69, 9.17) is 16.7 Å². The Hall–Kier alpha value is -1.03. The molecule has 2 rings (SSSR count). The number of halogens is 1. The van der Waals surface area contributed by atoms with Crippen molar-refractivity contribution in [2.45, 2.75) is 25.3 Å². The van der Waals surface area contributed by atoms with Crippen molar-refractivity contribution in [3.63, 3.8) is 0 Å². The molecule has 1 aromatic rings. The van der Waals surface area contributed by atoms with E-state index in [-0.39, 0.29) is 6.42 Å².